The zero-order valence-electron chi connectivity index (χ0n) is 18.3. The number of carboxylic acid groups (broad SMARTS) is 1. The van der Waals surface area contributed by atoms with Gasteiger partial charge in [-0.1, -0.05) is 6.07 Å². The van der Waals surface area contributed by atoms with E-state index in [2.05, 4.69) is 9.88 Å². The lowest BCUT2D eigenvalue weighted by atomic mass is 10.0. The number of aryl methyl sites for hydroxylation is 1. The van der Waals surface area contributed by atoms with Crippen LogP contribution in [0.3, 0.4) is 0 Å². The number of hydrogen-bond acceptors (Lipinski definition) is 7. The molecule has 0 aliphatic carbocycles. The van der Waals surface area contributed by atoms with Crippen molar-refractivity contribution in [2.75, 3.05) is 31.2 Å². The van der Waals surface area contributed by atoms with Gasteiger partial charge in [0.05, 0.1) is 18.7 Å². The molecule has 4 heterocycles. The van der Waals surface area contributed by atoms with E-state index >= 15 is 0 Å². The van der Waals surface area contributed by atoms with Gasteiger partial charge < -0.3 is 14.7 Å². The summed E-state index contributed by atoms with van der Waals surface area (Å²) in [7, 11) is -3.93. The number of hydrogen-bond donors (Lipinski definition) is 1. The Morgan fingerprint density at radius 2 is 1.94 bits per heavy atom. The Morgan fingerprint density at radius 3 is 2.62 bits per heavy atom. The lowest BCUT2D eigenvalue weighted by molar-refractivity contribution is -0.136. The standard InChI is InChI=1S/C24H23N3O5S2/c28-24(29)6-2-18-15-27(22-4-1-17(13-21(18)22)19-7-12-33-16-19)34(30,31)20-3-5-23(25-14-20)26-8-10-32-11-9-26/h1,3-5,7,12-16H,2,6,8-11H2,(H,28,29). The molecule has 1 N–H and O–H groups in total. The van der Waals surface area contributed by atoms with E-state index in [0.717, 1.165) is 16.5 Å². The molecule has 176 valence electrons. The molecule has 0 saturated carbocycles. The lowest BCUT2D eigenvalue weighted by Crippen LogP contribution is -2.36. The molecule has 0 unspecified atom stereocenters. The number of rotatable bonds is 7. The summed E-state index contributed by atoms with van der Waals surface area (Å²) < 4.78 is 33.8. The molecule has 1 aromatic carbocycles. The van der Waals surface area contributed by atoms with Crippen molar-refractivity contribution in [3.63, 3.8) is 0 Å². The van der Waals surface area contributed by atoms with Crippen molar-refractivity contribution in [3.05, 3.63) is 65.1 Å². The van der Waals surface area contributed by atoms with Crippen LogP contribution in [-0.4, -0.2) is 54.8 Å². The smallest absolute Gasteiger partial charge is 0.303 e. The monoisotopic (exact) mass is 497 g/mol. The maximum Gasteiger partial charge on any atom is 0.303 e. The average molecular weight is 498 g/mol. The first-order valence-corrected chi connectivity index (χ1v) is 13.2. The fraction of sp³-hybridized carbons (Fsp3) is 0.250. The Hall–Kier alpha value is -3.21. The van der Waals surface area contributed by atoms with Crippen LogP contribution in [0.2, 0.25) is 0 Å². The minimum absolute atomic E-state index is 0.0769. The van der Waals surface area contributed by atoms with Crippen molar-refractivity contribution in [1.29, 1.82) is 0 Å². The second-order valence-electron chi connectivity index (χ2n) is 8.04. The van der Waals surface area contributed by atoms with E-state index in [1.165, 1.54) is 16.4 Å². The van der Waals surface area contributed by atoms with Crippen LogP contribution in [0.25, 0.3) is 22.0 Å². The van der Waals surface area contributed by atoms with Gasteiger partial charge in [-0.3, -0.25) is 4.79 Å². The molecule has 3 aromatic heterocycles. The third-order valence-corrected chi connectivity index (χ3v) is 8.27. The zero-order valence-corrected chi connectivity index (χ0v) is 19.9. The van der Waals surface area contributed by atoms with Gasteiger partial charge in [0.25, 0.3) is 10.0 Å². The Kier molecular flexibility index (Phi) is 6.11. The SMILES string of the molecule is O=C(O)CCc1cn(S(=O)(=O)c2ccc(N3CCOCC3)nc2)c2ccc(-c3ccsc3)cc12. The highest BCUT2D eigenvalue weighted by Crippen LogP contribution is 2.32. The highest BCUT2D eigenvalue weighted by molar-refractivity contribution is 7.90. The summed E-state index contributed by atoms with van der Waals surface area (Å²) in [5.74, 6) is -0.220. The lowest BCUT2D eigenvalue weighted by Gasteiger charge is -2.27. The topological polar surface area (TPSA) is 102 Å². The van der Waals surface area contributed by atoms with Gasteiger partial charge in [0, 0.05) is 37.3 Å². The van der Waals surface area contributed by atoms with E-state index in [4.69, 9.17) is 4.74 Å². The Labute approximate surface area is 201 Å². The van der Waals surface area contributed by atoms with Crippen molar-refractivity contribution in [2.24, 2.45) is 0 Å². The number of morpholine rings is 1. The Bertz CT molecular complexity index is 1420. The van der Waals surface area contributed by atoms with E-state index in [-0.39, 0.29) is 17.7 Å². The van der Waals surface area contributed by atoms with E-state index in [1.54, 1.807) is 29.5 Å². The number of thiophene rings is 1. The minimum Gasteiger partial charge on any atom is -0.481 e. The van der Waals surface area contributed by atoms with Crippen molar-refractivity contribution in [1.82, 2.24) is 8.96 Å². The predicted octanol–water partition coefficient (Wildman–Crippen LogP) is 3.86. The summed E-state index contributed by atoms with van der Waals surface area (Å²) in [5.41, 5.74) is 3.18. The van der Waals surface area contributed by atoms with Crippen molar-refractivity contribution >= 4 is 44.1 Å². The number of pyridine rings is 1. The molecule has 0 bridgehead atoms. The van der Waals surface area contributed by atoms with Gasteiger partial charge in [-0.15, -0.1) is 0 Å². The third kappa shape index (κ3) is 4.31. The number of fused-ring (bicyclic) bond motifs is 1. The van der Waals surface area contributed by atoms with Crippen LogP contribution in [0.15, 0.2) is 64.4 Å². The molecule has 10 heteroatoms. The average Bonchev–Trinajstić information content (AvgIpc) is 3.52. The molecule has 0 spiro atoms. The molecule has 0 amide bonds. The number of aliphatic carboxylic acids is 1. The number of nitrogens with zero attached hydrogens (tertiary/aromatic N) is 3. The van der Waals surface area contributed by atoms with Gasteiger partial charge in [0.15, 0.2) is 0 Å². The molecule has 1 aliphatic rings. The fourth-order valence-corrected chi connectivity index (χ4v) is 6.13. The van der Waals surface area contributed by atoms with Crippen LogP contribution < -0.4 is 4.90 Å². The maximum atomic E-state index is 13.6. The van der Waals surface area contributed by atoms with Crippen LogP contribution in [0.4, 0.5) is 5.82 Å². The number of aromatic nitrogens is 2. The van der Waals surface area contributed by atoms with Crippen LogP contribution in [0.1, 0.15) is 12.0 Å². The van der Waals surface area contributed by atoms with E-state index in [1.807, 2.05) is 29.0 Å². The quantitative estimate of drug-likeness (QED) is 0.414. The predicted molar refractivity (Wildman–Crippen MR) is 131 cm³/mol. The summed E-state index contributed by atoms with van der Waals surface area (Å²) in [4.78, 5) is 17.7. The summed E-state index contributed by atoms with van der Waals surface area (Å²) in [5, 5.41) is 13.9. The number of carbonyl (C=O) groups is 1. The largest absolute Gasteiger partial charge is 0.481 e. The second-order valence-corrected chi connectivity index (χ2v) is 10.6. The molecule has 1 aliphatic heterocycles. The molecule has 0 radical (unpaired) electrons. The van der Waals surface area contributed by atoms with Crippen molar-refractivity contribution in [3.8, 4) is 11.1 Å². The van der Waals surface area contributed by atoms with E-state index < -0.39 is 16.0 Å². The van der Waals surface area contributed by atoms with Crippen LogP contribution >= 0.6 is 11.3 Å². The zero-order chi connectivity index (χ0) is 23.7. The Morgan fingerprint density at radius 1 is 1.12 bits per heavy atom. The van der Waals surface area contributed by atoms with E-state index in [9.17, 15) is 18.3 Å². The molecule has 1 saturated heterocycles. The van der Waals surface area contributed by atoms with Crippen LogP contribution in [0.5, 0.6) is 0 Å². The molecule has 5 rings (SSSR count). The first-order chi connectivity index (χ1) is 16.4. The maximum absolute atomic E-state index is 13.6. The number of benzene rings is 1. The summed E-state index contributed by atoms with van der Waals surface area (Å²) >= 11 is 1.58. The molecular weight excluding hydrogens is 474 g/mol. The van der Waals surface area contributed by atoms with Crippen molar-refractivity contribution in [2.45, 2.75) is 17.7 Å². The van der Waals surface area contributed by atoms with Gasteiger partial charge in [-0.25, -0.2) is 17.4 Å². The van der Waals surface area contributed by atoms with Crippen molar-refractivity contribution < 1.29 is 23.1 Å². The molecule has 1 fully saturated rings. The van der Waals surface area contributed by atoms with Gasteiger partial charge in [0.2, 0.25) is 0 Å². The van der Waals surface area contributed by atoms with Gasteiger partial charge in [-0.2, -0.15) is 11.3 Å². The number of carboxylic acids is 1. The first kappa shape index (κ1) is 22.6. The Balaban J connectivity index is 1.55. The van der Waals surface area contributed by atoms with Crippen LogP contribution in [0, 0.1) is 0 Å². The van der Waals surface area contributed by atoms with Crippen LogP contribution in [-0.2, 0) is 26.0 Å². The highest BCUT2D eigenvalue weighted by Gasteiger charge is 2.23. The van der Waals surface area contributed by atoms with Gasteiger partial charge in [-0.05, 0) is 64.2 Å². The molecule has 8 nitrogen and oxygen atoms in total. The highest BCUT2D eigenvalue weighted by atomic mass is 32.2. The molecule has 4 aromatic rings. The van der Waals surface area contributed by atoms with Gasteiger partial charge >= 0.3 is 5.97 Å². The number of anilines is 1. The molecule has 34 heavy (non-hydrogen) atoms. The molecule has 0 atom stereocenters. The third-order valence-electron chi connectivity index (χ3n) is 5.93. The normalized spacial score (nSPS) is 14.5. The molecular formula is C24H23N3O5S2. The van der Waals surface area contributed by atoms with E-state index in [0.29, 0.717) is 43.2 Å². The summed E-state index contributed by atoms with van der Waals surface area (Å²) in [6.07, 6.45) is 3.06. The summed E-state index contributed by atoms with van der Waals surface area (Å²) in [6.45, 7) is 2.65. The van der Waals surface area contributed by atoms with Gasteiger partial charge in [0.1, 0.15) is 10.7 Å². The fourth-order valence-electron chi connectivity index (χ4n) is 4.13. The summed E-state index contributed by atoms with van der Waals surface area (Å²) in [6, 6.07) is 10.9. The first-order valence-electron chi connectivity index (χ1n) is 10.9. The second kappa shape index (κ2) is 9.21. The number of ether oxygens (including phenoxy) is 1. The minimum atomic E-state index is -3.93.